The van der Waals surface area contributed by atoms with Gasteiger partial charge in [-0.1, -0.05) is 42.5 Å². The number of aromatic amines is 1. The molecule has 1 N–H and O–H groups in total. The molecule has 126 valence electrons. The van der Waals surface area contributed by atoms with Crippen molar-refractivity contribution in [1.29, 1.82) is 0 Å². The fraction of sp³-hybridized carbons (Fsp3) is 0.0526. The van der Waals surface area contributed by atoms with Gasteiger partial charge in [0.25, 0.3) is 0 Å². The molecule has 0 saturated carbocycles. The monoisotopic (exact) mass is 344 g/mol. The molecule has 0 spiro atoms. The Morgan fingerprint density at radius 3 is 2.58 bits per heavy atom. The zero-order valence-corrected chi connectivity index (χ0v) is 13.6. The van der Waals surface area contributed by atoms with Gasteiger partial charge in [-0.2, -0.15) is 4.52 Å². The number of imidazole rings is 1. The summed E-state index contributed by atoms with van der Waals surface area (Å²) in [6.45, 7) is 0. The van der Waals surface area contributed by atoms with Gasteiger partial charge in [0.05, 0.1) is 0 Å². The van der Waals surface area contributed by atoms with Crippen LogP contribution in [0.3, 0.4) is 0 Å². The summed E-state index contributed by atoms with van der Waals surface area (Å²) in [6, 6.07) is 16.2. The van der Waals surface area contributed by atoms with E-state index in [0.717, 1.165) is 22.5 Å². The number of halogens is 1. The van der Waals surface area contributed by atoms with Gasteiger partial charge in [-0.25, -0.2) is 19.3 Å². The van der Waals surface area contributed by atoms with Crippen LogP contribution in [0.25, 0.3) is 28.2 Å². The molecule has 0 unspecified atom stereocenters. The Hall–Kier alpha value is -3.61. The van der Waals surface area contributed by atoms with Gasteiger partial charge in [-0.15, -0.1) is 5.10 Å². The Morgan fingerprint density at radius 1 is 0.962 bits per heavy atom. The Bertz CT molecular complexity index is 1210. The number of hydrogen-bond acceptors (Lipinski definition) is 4. The van der Waals surface area contributed by atoms with E-state index in [0.29, 0.717) is 23.5 Å². The maximum Gasteiger partial charge on any atom is 0.185 e. The van der Waals surface area contributed by atoms with E-state index in [-0.39, 0.29) is 5.82 Å². The van der Waals surface area contributed by atoms with Gasteiger partial charge in [0.1, 0.15) is 23.5 Å². The van der Waals surface area contributed by atoms with Crippen molar-refractivity contribution in [2.45, 2.75) is 6.42 Å². The smallest absolute Gasteiger partial charge is 0.185 e. The molecule has 5 aromatic rings. The van der Waals surface area contributed by atoms with Crippen molar-refractivity contribution in [3.05, 3.63) is 78.1 Å². The molecule has 0 aliphatic carbocycles. The lowest BCUT2D eigenvalue weighted by Gasteiger charge is -1.97. The molecule has 3 heterocycles. The highest BCUT2D eigenvalue weighted by molar-refractivity contribution is 5.85. The zero-order valence-electron chi connectivity index (χ0n) is 13.6. The number of benzene rings is 2. The first-order valence-electron chi connectivity index (χ1n) is 8.16. The molecule has 26 heavy (non-hydrogen) atoms. The average Bonchev–Trinajstić information content (AvgIpc) is 3.27. The second-order valence-electron chi connectivity index (χ2n) is 6.00. The van der Waals surface area contributed by atoms with Crippen LogP contribution in [0.4, 0.5) is 4.39 Å². The molecule has 7 heteroatoms. The predicted molar refractivity (Wildman–Crippen MR) is 95.1 cm³/mol. The highest BCUT2D eigenvalue weighted by atomic mass is 19.1. The maximum absolute atomic E-state index is 13.1. The third-order valence-corrected chi connectivity index (χ3v) is 4.19. The first-order chi connectivity index (χ1) is 12.8. The highest BCUT2D eigenvalue weighted by Crippen LogP contribution is 2.20. The molecule has 5 rings (SSSR count). The summed E-state index contributed by atoms with van der Waals surface area (Å²) in [7, 11) is 0. The van der Waals surface area contributed by atoms with Crippen LogP contribution in [-0.2, 0) is 6.42 Å². The quantitative estimate of drug-likeness (QED) is 0.544. The molecule has 0 aliphatic heterocycles. The molecule has 0 atom stereocenters. The minimum absolute atomic E-state index is 0.251. The van der Waals surface area contributed by atoms with Crippen molar-refractivity contribution in [3.8, 4) is 11.4 Å². The topological polar surface area (TPSA) is 71.8 Å². The molecule has 6 nitrogen and oxygen atoms in total. The van der Waals surface area contributed by atoms with Crippen LogP contribution in [0.2, 0.25) is 0 Å². The van der Waals surface area contributed by atoms with Gasteiger partial charge in [-0.3, -0.25) is 0 Å². The van der Waals surface area contributed by atoms with E-state index < -0.39 is 0 Å². The van der Waals surface area contributed by atoms with Crippen molar-refractivity contribution < 1.29 is 4.39 Å². The number of hydrogen-bond donors (Lipinski definition) is 1. The van der Waals surface area contributed by atoms with Crippen molar-refractivity contribution in [2.75, 3.05) is 0 Å². The van der Waals surface area contributed by atoms with Crippen molar-refractivity contribution in [1.82, 2.24) is 29.5 Å². The molecule has 0 radical (unpaired) electrons. The first-order valence-corrected chi connectivity index (χ1v) is 8.16. The minimum atomic E-state index is -0.251. The highest BCUT2D eigenvalue weighted by Gasteiger charge is 2.13. The lowest BCUT2D eigenvalue weighted by Crippen LogP contribution is -1.90. The number of nitrogens with zero attached hydrogens (tertiary/aromatic N) is 5. The second-order valence-corrected chi connectivity index (χ2v) is 6.00. The van der Waals surface area contributed by atoms with Crippen LogP contribution in [0.1, 0.15) is 11.4 Å². The summed E-state index contributed by atoms with van der Waals surface area (Å²) in [5.41, 5.74) is 3.90. The van der Waals surface area contributed by atoms with Gasteiger partial charge in [0, 0.05) is 12.0 Å². The number of fused-ring (bicyclic) bond motifs is 3. The van der Waals surface area contributed by atoms with Crippen LogP contribution >= 0.6 is 0 Å². The van der Waals surface area contributed by atoms with Crippen molar-refractivity contribution in [3.63, 3.8) is 0 Å². The molecule has 0 aliphatic rings. The van der Waals surface area contributed by atoms with Gasteiger partial charge in [0.15, 0.2) is 17.1 Å². The number of aromatic nitrogens is 6. The minimum Gasteiger partial charge on any atom is -0.337 e. The van der Waals surface area contributed by atoms with E-state index in [4.69, 9.17) is 0 Å². The summed E-state index contributed by atoms with van der Waals surface area (Å²) in [4.78, 5) is 16.8. The zero-order chi connectivity index (χ0) is 17.5. The van der Waals surface area contributed by atoms with Crippen LogP contribution in [0.5, 0.6) is 0 Å². The normalized spacial score (nSPS) is 11.4. The van der Waals surface area contributed by atoms with Gasteiger partial charge >= 0.3 is 0 Å². The predicted octanol–water partition coefficient (Wildman–Crippen LogP) is 3.40. The van der Waals surface area contributed by atoms with Crippen LogP contribution in [0, 0.1) is 5.82 Å². The Morgan fingerprint density at radius 2 is 1.77 bits per heavy atom. The lowest BCUT2D eigenvalue weighted by molar-refractivity contribution is 0.627. The fourth-order valence-corrected chi connectivity index (χ4v) is 2.93. The van der Waals surface area contributed by atoms with E-state index in [1.165, 1.54) is 12.1 Å². The molecular formula is C19H13FN6. The number of nitrogens with one attached hydrogen (secondary N) is 1. The summed E-state index contributed by atoms with van der Waals surface area (Å²) < 4.78 is 14.7. The summed E-state index contributed by atoms with van der Waals surface area (Å²) in [5.74, 6) is 1.13. The van der Waals surface area contributed by atoms with Gasteiger partial charge in [-0.05, 0) is 17.7 Å². The van der Waals surface area contributed by atoms with Crippen molar-refractivity contribution in [2.24, 2.45) is 0 Å². The van der Waals surface area contributed by atoms with E-state index >= 15 is 0 Å². The lowest BCUT2D eigenvalue weighted by atomic mass is 10.1. The van der Waals surface area contributed by atoms with E-state index in [1.807, 2.05) is 30.3 Å². The maximum atomic E-state index is 13.1. The Kier molecular flexibility index (Phi) is 3.24. The SMILES string of the molecule is Fc1ccc(Cc2nc3ncn4nc(-c5ccccc5)nc4c3[nH]2)cc1. The summed E-state index contributed by atoms with van der Waals surface area (Å²) >= 11 is 0. The molecular weight excluding hydrogens is 331 g/mol. The van der Waals surface area contributed by atoms with Crippen LogP contribution in [-0.4, -0.2) is 29.5 Å². The standard InChI is InChI=1S/C19H13FN6/c20-14-8-6-12(7-9-14)10-15-22-16-18(23-15)21-11-26-19(16)24-17(25-26)13-4-2-1-3-5-13/h1-9,11H,10H2,(H,22,23). The molecule has 0 fully saturated rings. The molecule has 0 amide bonds. The van der Waals surface area contributed by atoms with Crippen LogP contribution < -0.4 is 0 Å². The summed E-state index contributed by atoms with van der Waals surface area (Å²) in [6.07, 6.45) is 2.17. The third-order valence-electron chi connectivity index (χ3n) is 4.19. The summed E-state index contributed by atoms with van der Waals surface area (Å²) in [5, 5.41) is 4.49. The van der Waals surface area contributed by atoms with E-state index in [2.05, 4.69) is 25.0 Å². The molecule has 3 aromatic heterocycles. The third kappa shape index (κ3) is 2.50. The van der Waals surface area contributed by atoms with Gasteiger partial charge < -0.3 is 4.98 Å². The molecule has 0 bridgehead atoms. The number of H-pyrrole nitrogens is 1. The first kappa shape index (κ1) is 14.7. The average molecular weight is 344 g/mol. The van der Waals surface area contributed by atoms with Crippen LogP contribution in [0.15, 0.2) is 60.9 Å². The molecule has 2 aromatic carbocycles. The largest absolute Gasteiger partial charge is 0.337 e. The number of rotatable bonds is 3. The van der Waals surface area contributed by atoms with E-state index in [9.17, 15) is 4.39 Å². The van der Waals surface area contributed by atoms with Crippen molar-refractivity contribution >= 4 is 16.8 Å². The molecule has 0 saturated heterocycles. The fourth-order valence-electron chi connectivity index (χ4n) is 2.93. The Labute approximate surface area is 147 Å². The Balaban J connectivity index is 1.58. The van der Waals surface area contributed by atoms with E-state index in [1.54, 1.807) is 23.0 Å². The van der Waals surface area contributed by atoms with Gasteiger partial charge in [0.2, 0.25) is 0 Å². The second kappa shape index (κ2) is 5.73.